The fourth-order valence-electron chi connectivity index (χ4n) is 1.83. The Bertz CT molecular complexity index is 586. The highest BCUT2D eigenvalue weighted by molar-refractivity contribution is 6.32. The molecule has 2 N–H and O–H groups in total. The molecule has 2 nitrogen and oxygen atoms in total. The van der Waals surface area contributed by atoms with Crippen LogP contribution in [0.3, 0.4) is 0 Å². The van der Waals surface area contributed by atoms with E-state index in [0.29, 0.717) is 35.1 Å². The van der Waals surface area contributed by atoms with Gasteiger partial charge in [-0.3, -0.25) is 0 Å². The molecule has 0 aliphatic rings. The summed E-state index contributed by atoms with van der Waals surface area (Å²) in [4.78, 5) is 0. The first-order valence-electron chi connectivity index (χ1n) is 6.03. The third-order valence-electron chi connectivity index (χ3n) is 2.78. The Hall–Kier alpha value is -1.58. The highest BCUT2D eigenvalue weighted by Crippen LogP contribution is 2.32. The van der Waals surface area contributed by atoms with Crippen LogP contribution in [0.4, 0.5) is 4.39 Å². The van der Waals surface area contributed by atoms with Crippen LogP contribution in [0.2, 0.25) is 5.02 Å². The molecule has 100 valence electrons. The number of hydrogen-bond acceptors (Lipinski definition) is 2. The van der Waals surface area contributed by atoms with Gasteiger partial charge in [0.25, 0.3) is 0 Å². The lowest BCUT2D eigenvalue weighted by molar-refractivity contribution is 0.467. The molecule has 0 unspecified atom stereocenters. The molecule has 0 heterocycles. The van der Waals surface area contributed by atoms with Gasteiger partial charge in [-0.2, -0.15) is 0 Å². The van der Waals surface area contributed by atoms with Crippen molar-refractivity contribution in [2.24, 2.45) is 5.73 Å². The Morgan fingerprint density at radius 2 is 2.00 bits per heavy atom. The molecule has 2 rings (SSSR count). The number of hydrogen-bond donors (Lipinski definition) is 1. The number of rotatable bonds is 4. The van der Waals surface area contributed by atoms with E-state index in [1.165, 1.54) is 6.07 Å². The predicted molar refractivity (Wildman–Crippen MR) is 75.4 cm³/mol. The van der Waals surface area contributed by atoms with Crippen LogP contribution >= 0.6 is 11.6 Å². The normalized spacial score (nSPS) is 10.5. The monoisotopic (exact) mass is 279 g/mol. The van der Waals surface area contributed by atoms with Gasteiger partial charge in [0.2, 0.25) is 0 Å². The highest BCUT2D eigenvalue weighted by Gasteiger charge is 2.11. The molecule has 0 aliphatic heterocycles. The Kier molecular flexibility index (Phi) is 4.40. The number of aryl methyl sites for hydroxylation is 1. The van der Waals surface area contributed by atoms with Gasteiger partial charge in [-0.25, -0.2) is 4.39 Å². The van der Waals surface area contributed by atoms with E-state index in [1.807, 2.05) is 13.0 Å². The largest absolute Gasteiger partial charge is 0.455 e. The van der Waals surface area contributed by atoms with Crippen LogP contribution in [0.5, 0.6) is 11.5 Å². The van der Waals surface area contributed by atoms with Gasteiger partial charge in [0, 0.05) is 5.56 Å². The van der Waals surface area contributed by atoms with Gasteiger partial charge in [-0.05, 0) is 49.7 Å². The van der Waals surface area contributed by atoms with E-state index in [-0.39, 0.29) is 5.82 Å². The molecule has 0 amide bonds. The number of ether oxygens (including phenoxy) is 1. The number of halogens is 2. The van der Waals surface area contributed by atoms with Gasteiger partial charge in [0.15, 0.2) is 0 Å². The van der Waals surface area contributed by atoms with E-state index >= 15 is 0 Å². The summed E-state index contributed by atoms with van der Waals surface area (Å²) in [6.07, 6.45) is 0.422. The van der Waals surface area contributed by atoms with Gasteiger partial charge in [-0.1, -0.05) is 23.7 Å². The highest BCUT2D eigenvalue weighted by atomic mass is 35.5. The second-order valence-corrected chi connectivity index (χ2v) is 4.70. The molecule has 0 saturated carbocycles. The molecular weight excluding hydrogens is 265 g/mol. The van der Waals surface area contributed by atoms with E-state index < -0.39 is 0 Å². The second-order valence-electron chi connectivity index (χ2n) is 4.29. The molecule has 0 spiro atoms. The minimum atomic E-state index is -0.314. The summed E-state index contributed by atoms with van der Waals surface area (Å²) in [7, 11) is 0. The van der Waals surface area contributed by atoms with Crippen molar-refractivity contribution in [2.75, 3.05) is 6.54 Å². The van der Waals surface area contributed by atoms with Crippen LogP contribution in [0.15, 0.2) is 36.4 Å². The Morgan fingerprint density at radius 1 is 1.21 bits per heavy atom. The minimum absolute atomic E-state index is 0.314. The lowest BCUT2D eigenvalue weighted by atomic mass is 10.1. The van der Waals surface area contributed by atoms with Crippen molar-refractivity contribution in [2.45, 2.75) is 13.3 Å². The van der Waals surface area contributed by atoms with Crippen molar-refractivity contribution < 1.29 is 9.13 Å². The lowest BCUT2D eigenvalue weighted by Gasteiger charge is -2.12. The molecule has 0 saturated heterocycles. The fraction of sp³-hybridized carbons (Fsp3) is 0.200. The molecule has 0 radical (unpaired) electrons. The zero-order chi connectivity index (χ0) is 13.8. The summed E-state index contributed by atoms with van der Waals surface area (Å²) in [6, 6.07) is 10.2. The van der Waals surface area contributed by atoms with Crippen LogP contribution in [-0.2, 0) is 6.42 Å². The maximum atomic E-state index is 13.7. The summed E-state index contributed by atoms with van der Waals surface area (Å²) in [5.41, 5.74) is 7.01. The summed E-state index contributed by atoms with van der Waals surface area (Å²) in [5, 5.41) is 0.503. The molecule has 0 aromatic heterocycles. The fourth-order valence-corrected chi connectivity index (χ4v) is 2.10. The maximum absolute atomic E-state index is 13.7. The Morgan fingerprint density at radius 3 is 2.68 bits per heavy atom. The van der Waals surface area contributed by atoms with Crippen LogP contribution in [-0.4, -0.2) is 6.54 Å². The lowest BCUT2D eigenvalue weighted by Crippen LogP contribution is -2.06. The summed E-state index contributed by atoms with van der Waals surface area (Å²) < 4.78 is 19.4. The zero-order valence-electron chi connectivity index (χ0n) is 10.6. The van der Waals surface area contributed by atoms with Crippen LogP contribution in [0.1, 0.15) is 11.1 Å². The molecule has 0 aliphatic carbocycles. The SMILES string of the molecule is Cc1ccc(Oc2cccc(F)c2CCN)c(Cl)c1. The molecule has 2 aromatic rings. The van der Waals surface area contributed by atoms with Gasteiger partial charge in [0.05, 0.1) is 5.02 Å². The van der Waals surface area contributed by atoms with E-state index in [4.69, 9.17) is 22.1 Å². The Labute approximate surface area is 117 Å². The van der Waals surface area contributed by atoms with E-state index in [9.17, 15) is 4.39 Å². The van der Waals surface area contributed by atoms with Crippen molar-refractivity contribution in [3.05, 3.63) is 58.4 Å². The summed E-state index contributed by atoms with van der Waals surface area (Å²) >= 11 is 6.11. The van der Waals surface area contributed by atoms with E-state index in [0.717, 1.165) is 5.56 Å². The number of benzene rings is 2. The molecule has 19 heavy (non-hydrogen) atoms. The first kappa shape index (κ1) is 13.8. The molecule has 0 bridgehead atoms. The third kappa shape index (κ3) is 3.25. The van der Waals surface area contributed by atoms with Crippen molar-refractivity contribution in [1.29, 1.82) is 0 Å². The smallest absolute Gasteiger partial charge is 0.146 e. The summed E-state index contributed by atoms with van der Waals surface area (Å²) in [6.45, 7) is 2.30. The average molecular weight is 280 g/mol. The first-order valence-corrected chi connectivity index (χ1v) is 6.41. The molecule has 4 heteroatoms. The van der Waals surface area contributed by atoms with Gasteiger partial charge in [-0.15, -0.1) is 0 Å². The molecular formula is C15H15ClFNO. The van der Waals surface area contributed by atoms with Gasteiger partial charge < -0.3 is 10.5 Å². The quantitative estimate of drug-likeness (QED) is 0.915. The van der Waals surface area contributed by atoms with Crippen LogP contribution < -0.4 is 10.5 Å². The Balaban J connectivity index is 2.35. The van der Waals surface area contributed by atoms with Crippen molar-refractivity contribution in [1.82, 2.24) is 0 Å². The summed E-state index contributed by atoms with van der Waals surface area (Å²) in [5.74, 6) is 0.651. The standard InChI is InChI=1S/C15H15ClFNO/c1-10-5-6-15(12(16)9-10)19-14-4-2-3-13(17)11(14)7-8-18/h2-6,9H,7-8,18H2,1H3. The van der Waals surface area contributed by atoms with Gasteiger partial charge >= 0.3 is 0 Å². The van der Waals surface area contributed by atoms with Crippen LogP contribution in [0, 0.1) is 12.7 Å². The molecule has 0 atom stereocenters. The van der Waals surface area contributed by atoms with Crippen LogP contribution in [0.25, 0.3) is 0 Å². The van der Waals surface area contributed by atoms with Crippen molar-refractivity contribution in [3.8, 4) is 11.5 Å². The van der Waals surface area contributed by atoms with E-state index in [1.54, 1.807) is 24.3 Å². The van der Waals surface area contributed by atoms with Crippen molar-refractivity contribution in [3.63, 3.8) is 0 Å². The van der Waals surface area contributed by atoms with Crippen molar-refractivity contribution >= 4 is 11.6 Å². The molecule has 2 aromatic carbocycles. The molecule has 0 fully saturated rings. The minimum Gasteiger partial charge on any atom is -0.455 e. The second kappa shape index (κ2) is 6.04. The third-order valence-corrected chi connectivity index (χ3v) is 3.07. The zero-order valence-corrected chi connectivity index (χ0v) is 11.4. The first-order chi connectivity index (χ1) is 9.11. The van der Waals surface area contributed by atoms with Gasteiger partial charge in [0.1, 0.15) is 17.3 Å². The maximum Gasteiger partial charge on any atom is 0.146 e. The number of nitrogens with two attached hydrogens (primary N) is 1. The topological polar surface area (TPSA) is 35.2 Å². The van der Waals surface area contributed by atoms with E-state index in [2.05, 4.69) is 0 Å². The average Bonchev–Trinajstić information content (AvgIpc) is 2.37. The predicted octanol–water partition coefficient (Wildman–Crippen LogP) is 4.08.